The lowest BCUT2D eigenvalue weighted by Crippen LogP contribution is -2.52. The number of aromatic nitrogens is 2. The Morgan fingerprint density at radius 2 is 2.11 bits per heavy atom. The molecule has 2 saturated heterocycles. The number of carbonyl (C=O) groups excluding carboxylic acids is 1. The predicted molar refractivity (Wildman–Crippen MR) is 102 cm³/mol. The molecule has 2 atom stereocenters. The summed E-state index contributed by atoms with van der Waals surface area (Å²) in [5.41, 5.74) is 1.03. The Balaban J connectivity index is 1.76. The van der Waals surface area contributed by atoms with Crippen molar-refractivity contribution in [3.63, 3.8) is 0 Å². The van der Waals surface area contributed by atoms with Gasteiger partial charge in [0, 0.05) is 51.6 Å². The number of amides is 1. The number of nitrogens with zero attached hydrogens (tertiary/aromatic N) is 5. The molecule has 1 amide bonds. The first kappa shape index (κ1) is 20.3. The highest BCUT2D eigenvalue weighted by molar-refractivity contribution is 5.78. The number of morpholine rings is 1. The van der Waals surface area contributed by atoms with Crippen molar-refractivity contribution in [3.05, 3.63) is 18.0 Å². The van der Waals surface area contributed by atoms with E-state index >= 15 is 0 Å². The van der Waals surface area contributed by atoms with Gasteiger partial charge >= 0.3 is 0 Å². The molecule has 0 aromatic carbocycles. The summed E-state index contributed by atoms with van der Waals surface area (Å²) < 4.78 is 13.4. The average Bonchev–Trinajstić information content (AvgIpc) is 2.98. The maximum atomic E-state index is 12.8. The Labute approximate surface area is 162 Å². The lowest BCUT2D eigenvalue weighted by Gasteiger charge is -2.42. The van der Waals surface area contributed by atoms with E-state index in [9.17, 15) is 4.79 Å². The quantitative estimate of drug-likeness (QED) is 0.711. The van der Waals surface area contributed by atoms with E-state index in [0.29, 0.717) is 19.8 Å². The molecule has 0 spiro atoms. The molecule has 1 aromatic rings. The molecule has 1 aromatic heterocycles. The van der Waals surface area contributed by atoms with Gasteiger partial charge in [0.05, 0.1) is 24.9 Å². The molecule has 3 heterocycles. The molecule has 2 aliphatic rings. The third kappa shape index (κ3) is 5.28. The van der Waals surface area contributed by atoms with Crippen LogP contribution < -0.4 is 0 Å². The van der Waals surface area contributed by atoms with Crippen molar-refractivity contribution in [3.8, 4) is 0 Å². The number of ether oxygens (including phenoxy) is 2. The van der Waals surface area contributed by atoms with Crippen molar-refractivity contribution in [1.29, 1.82) is 0 Å². The Hall–Kier alpha value is -1.48. The molecule has 152 valence electrons. The van der Waals surface area contributed by atoms with Crippen LogP contribution in [0.25, 0.3) is 0 Å². The van der Waals surface area contributed by atoms with Crippen LogP contribution in [0.1, 0.15) is 24.9 Å². The zero-order valence-corrected chi connectivity index (χ0v) is 16.8. The van der Waals surface area contributed by atoms with E-state index < -0.39 is 0 Å². The van der Waals surface area contributed by atoms with E-state index in [-0.39, 0.29) is 24.7 Å². The topological polar surface area (TPSA) is 63.1 Å². The maximum Gasteiger partial charge on any atom is 0.249 e. The summed E-state index contributed by atoms with van der Waals surface area (Å²) in [6.07, 6.45) is 4.94. The number of hydrogen-bond donors (Lipinski definition) is 0. The third-order valence-electron chi connectivity index (χ3n) is 5.42. The van der Waals surface area contributed by atoms with Crippen molar-refractivity contribution >= 4 is 5.91 Å². The molecule has 0 bridgehead atoms. The Morgan fingerprint density at radius 3 is 2.85 bits per heavy atom. The van der Waals surface area contributed by atoms with Crippen LogP contribution in [0, 0.1) is 0 Å². The van der Waals surface area contributed by atoms with Crippen LogP contribution in [0.15, 0.2) is 12.4 Å². The number of rotatable bonds is 6. The average molecular weight is 380 g/mol. The molecule has 0 aliphatic carbocycles. The van der Waals surface area contributed by atoms with Crippen molar-refractivity contribution < 1.29 is 14.3 Å². The summed E-state index contributed by atoms with van der Waals surface area (Å²) in [6.45, 7) is 8.84. The van der Waals surface area contributed by atoms with Gasteiger partial charge in [-0.25, -0.2) is 0 Å². The minimum atomic E-state index is -0.124. The van der Waals surface area contributed by atoms with Gasteiger partial charge in [0.1, 0.15) is 6.61 Å². The van der Waals surface area contributed by atoms with Gasteiger partial charge in [-0.05, 0) is 33.5 Å². The zero-order valence-electron chi connectivity index (χ0n) is 16.8. The van der Waals surface area contributed by atoms with Crippen molar-refractivity contribution in [1.82, 2.24) is 24.5 Å². The summed E-state index contributed by atoms with van der Waals surface area (Å²) in [5.74, 6) is 0.0228. The van der Waals surface area contributed by atoms with Crippen LogP contribution >= 0.6 is 0 Å². The molecule has 2 fully saturated rings. The van der Waals surface area contributed by atoms with E-state index in [1.165, 1.54) is 0 Å². The van der Waals surface area contributed by atoms with E-state index in [1.807, 2.05) is 31.3 Å². The number of carbonyl (C=O) groups is 1. The van der Waals surface area contributed by atoms with Gasteiger partial charge in [-0.15, -0.1) is 0 Å². The first-order valence-electron chi connectivity index (χ1n) is 9.96. The Morgan fingerprint density at radius 1 is 1.26 bits per heavy atom. The minimum absolute atomic E-state index is 0.0228. The molecule has 0 radical (unpaired) electrons. The summed E-state index contributed by atoms with van der Waals surface area (Å²) in [6, 6.07) is -0.124. The van der Waals surface area contributed by atoms with Gasteiger partial charge in [0.25, 0.3) is 0 Å². The number of likely N-dealkylation sites (N-methyl/N-ethyl adjacent to an activating group) is 1. The van der Waals surface area contributed by atoms with Crippen molar-refractivity contribution in [2.75, 3.05) is 66.1 Å². The second kappa shape index (κ2) is 9.64. The molecule has 0 saturated carbocycles. The SMILES string of the molecule is CCOCC(=O)N1CCO[C@@H](CN2CCCN(C)CC2)[C@@H]1c1cnn(C)c1. The van der Waals surface area contributed by atoms with Crippen molar-refractivity contribution in [2.45, 2.75) is 25.5 Å². The third-order valence-corrected chi connectivity index (χ3v) is 5.42. The van der Waals surface area contributed by atoms with E-state index in [2.05, 4.69) is 21.9 Å². The molecule has 8 nitrogen and oxygen atoms in total. The van der Waals surface area contributed by atoms with Gasteiger partial charge in [-0.3, -0.25) is 14.4 Å². The molecule has 2 aliphatic heterocycles. The van der Waals surface area contributed by atoms with Crippen LogP contribution in [0.5, 0.6) is 0 Å². The highest BCUT2D eigenvalue weighted by Crippen LogP contribution is 2.30. The first-order chi connectivity index (χ1) is 13.1. The highest BCUT2D eigenvalue weighted by Gasteiger charge is 2.38. The number of aryl methyl sites for hydroxylation is 1. The van der Waals surface area contributed by atoms with Gasteiger partial charge in [0.2, 0.25) is 5.91 Å². The minimum Gasteiger partial charge on any atom is -0.373 e. The molecule has 0 unspecified atom stereocenters. The van der Waals surface area contributed by atoms with Gasteiger partial charge in [-0.1, -0.05) is 0 Å². The molecular weight excluding hydrogens is 346 g/mol. The summed E-state index contributed by atoms with van der Waals surface area (Å²) >= 11 is 0. The normalized spacial score (nSPS) is 25.5. The fourth-order valence-electron chi connectivity index (χ4n) is 3.96. The van der Waals surface area contributed by atoms with Gasteiger partial charge < -0.3 is 19.3 Å². The monoisotopic (exact) mass is 379 g/mol. The summed E-state index contributed by atoms with van der Waals surface area (Å²) in [5, 5.41) is 4.33. The molecule has 3 rings (SSSR count). The predicted octanol–water partition coefficient (Wildman–Crippen LogP) is 0.363. The standard InChI is InChI=1S/C19H33N5O3/c1-4-26-15-18(25)24-10-11-27-17(19(24)16-12-20-22(3)13-16)14-23-7-5-6-21(2)8-9-23/h12-13,17,19H,4-11,14-15H2,1-3H3/t17-,19-/m0/s1. The fourth-order valence-corrected chi connectivity index (χ4v) is 3.96. The zero-order chi connectivity index (χ0) is 19.2. The molecular formula is C19H33N5O3. The van der Waals surface area contributed by atoms with E-state index in [4.69, 9.17) is 9.47 Å². The van der Waals surface area contributed by atoms with Crippen LogP contribution in [0.3, 0.4) is 0 Å². The van der Waals surface area contributed by atoms with E-state index in [1.54, 1.807) is 4.68 Å². The smallest absolute Gasteiger partial charge is 0.249 e. The lowest BCUT2D eigenvalue weighted by molar-refractivity contribution is -0.152. The van der Waals surface area contributed by atoms with E-state index in [0.717, 1.165) is 44.7 Å². The molecule has 8 heteroatoms. The number of hydrogen-bond acceptors (Lipinski definition) is 6. The largest absolute Gasteiger partial charge is 0.373 e. The first-order valence-corrected chi connectivity index (χ1v) is 9.96. The van der Waals surface area contributed by atoms with Crippen LogP contribution in [-0.4, -0.2) is 103 Å². The summed E-state index contributed by atoms with van der Waals surface area (Å²) in [7, 11) is 4.08. The lowest BCUT2D eigenvalue weighted by atomic mass is 10.00. The van der Waals surface area contributed by atoms with Gasteiger partial charge in [-0.2, -0.15) is 5.10 Å². The summed E-state index contributed by atoms with van der Waals surface area (Å²) in [4.78, 5) is 19.5. The molecule has 0 N–H and O–H groups in total. The maximum absolute atomic E-state index is 12.8. The second-order valence-corrected chi connectivity index (χ2v) is 7.48. The van der Waals surface area contributed by atoms with Gasteiger partial charge in [0.15, 0.2) is 0 Å². The molecule has 27 heavy (non-hydrogen) atoms. The van der Waals surface area contributed by atoms with Crippen LogP contribution in [0.4, 0.5) is 0 Å². The van der Waals surface area contributed by atoms with Crippen LogP contribution in [0.2, 0.25) is 0 Å². The van der Waals surface area contributed by atoms with Crippen LogP contribution in [-0.2, 0) is 21.3 Å². The Kier molecular flexibility index (Phi) is 7.23. The second-order valence-electron chi connectivity index (χ2n) is 7.48. The fraction of sp³-hybridized carbons (Fsp3) is 0.789. The highest BCUT2D eigenvalue weighted by atomic mass is 16.5. The van der Waals surface area contributed by atoms with Crippen molar-refractivity contribution in [2.24, 2.45) is 7.05 Å². The Bertz CT molecular complexity index is 608.